The summed E-state index contributed by atoms with van der Waals surface area (Å²) in [6, 6.07) is 25.1. The molecule has 6 heteroatoms. The molecule has 2 saturated heterocycles. The molecule has 39 heavy (non-hydrogen) atoms. The Kier molecular flexibility index (Phi) is 5.49. The van der Waals surface area contributed by atoms with Crippen LogP contribution in [0.5, 0.6) is 0 Å². The summed E-state index contributed by atoms with van der Waals surface area (Å²) in [6.45, 7) is 1.47. The zero-order chi connectivity index (χ0) is 25.8. The predicted octanol–water partition coefficient (Wildman–Crippen LogP) is 8.28. The first kappa shape index (κ1) is 22.9. The van der Waals surface area contributed by atoms with Crippen LogP contribution in [-0.4, -0.2) is 28.2 Å². The summed E-state index contributed by atoms with van der Waals surface area (Å²) in [5.74, 6) is 1.50. The molecular formula is C33H29N3O3. The summed E-state index contributed by atoms with van der Waals surface area (Å²) in [5, 5.41) is 3.43. The van der Waals surface area contributed by atoms with Crippen LogP contribution in [0.15, 0.2) is 77.2 Å². The van der Waals surface area contributed by atoms with Crippen molar-refractivity contribution in [3.63, 3.8) is 0 Å². The van der Waals surface area contributed by atoms with Crippen LogP contribution in [0.2, 0.25) is 0 Å². The molecule has 1 N–H and O–H groups in total. The molecule has 0 saturated carbocycles. The summed E-state index contributed by atoms with van der Waals surface area (Å²) in [5.41, 5.74) is 6.70. The number of fused-ring (bicyclic) bond motifs is 4. The molecular weight excluding hydrogens is 486 g/mol. The molecule has 2 fully saturated rings. The van der Waals surface area contributed by atoms with Crippen molar-refractivity contribution < 1.29 is 13.9 Å². The number of aromatic nitrogens is 3. The highest BCUT2D eigenvalue weighted by Crippen LogP contribution is 2.44. The average molecular weight is 516 g/mol. The first-order valence-corrected chi connectivity index (χ1v) is 14.0. The molecule has 6 aromatic rings. The Morgan fingerprint density at radius 3 is 2.44 bits per heavy atom. The number of ether oxygens (including phenoxy) is 2. The molecule has 0 radical (unpaired) electrons. The van der Waals surface area contributed by atoms with E-state index in [2.05, 4.69) is 59.6 Å². The second kappa shape index (κ2) is 9.33. The van der Waals surface area contributed by atoms with Gasteiger partial charge in [0.1, 0.15) is 23.6 Å². The van der Waals surface area contributed by atoms with Crippen molar-refractivity contribution in [2.75, 3.05) is 13.2 Å². The van der Waals surface area contributed by atoms with E-state index in [1.165, 1.54) is 10.8 Å². The lowest BCUT2D eigenvalue weighted by molar-refractivity contribution is 0.00893. The van der Waals surface area contributed by atoms with E-state index in [0.717, 1.165) is 101 Å². The van der Waals surface area contributed by atoms with Crippen molar-refractivity contribution in [2.24, 2.45) is 0 Å². The van der Waals surface area contributed by atoms with Crippen LogP contribution in [-0.2, 0) is 9.47 Å². The molecule has 3 aromatic carbocycles. The minimum absolute atomic E-state index is 0.112. The van der Waals surface area contributed by atoms with Gasteiger partial charge in [0.15, 0.2) is 5.82 Å². The number of rotatable bonds is 4. The lowest BCUT2D eigenvalue weighted by Gasteiger charge is -2.24. The number of H-pyrrole nitrogens is 1. The standard InChI is InChI=1S/C33H29N3O3/c1-4-14-25-20(9-1)19-28(39-25)29-31(23-12-7-11-22-21-10-2-3-13-24(21)34-30(22)23)35-33(27-15-5-6-17-38-27)36-32(29)26-16-8-18-37-26/h1-4,7,9-14,19,26-27,34H,5-6,8,15-18H2. The van der Waals surface area contributed by atoms with Gasteiger partial charge in [0.2, 0.25) is 0 Å². The fourth-order valence-corrected chi connectivity index (χ4v) is 6.22. The molecule has 8 rings (SSSR count). The Balaban J connectivity index is 1.45. The van der Waals surface area contributed by atoms with E-state index in [1.807, 2.05) is 18.2 Å². The van der Waals surface area contributed by atoms with Crippen molar-refractivity contribution in [2.45, 2.75) is 44.3 Å². The maximum atomic E-state index is 6.50. The molecule has 2 aliphatic rings. The number of hydrogen-bond acceptors (Lipinski definition) is 5. The Hall–Kier alpha value is -4.00. The van der Waals surface area contributed by atoms with Gasteiger partial charge in [0.05, 0.1) is 22.5 Å². The summed E-state index contributed by atoms with van der Waals surface area (Å²) in [4.78, 5) is 14.2. The second-order valence-electron chi connectivity index (χ2n) is 10.6. The van der Waals surface area contributed by atoms with E-state index in [1.54, 1.807) is 0 Å². The fraction of sp³-hybridized carbons (Fsp3) is 0.273. The maximum Gasteiger partial charge on any atom is 0.158 e. The summed E-state index contributed by atoms with van der Waals surface area (Å²) < 4.78 is 19.0. The summed E-state index contributed by atoms with van der Waals surface area (Å²) >= 11 is 0. The zero-order valence-electron chi connectivity index (χ0n) is 21.7. The van der Waals surface area contributed by atoms with E-state index >= 15 is 0 Å². The summed E-state index contributed by atoms with van der Waals surface area (Å²) in [6.07, 6.45) is 4.81. The Labute approximate surface area is 226 Å². The molecule has 5 heterocycles. The molecule has 0 bridgehead atoms. The van der Waals surface area contributed by atoms with Gasteiger partial charge >= 0.3 is 0 Å². The van der Waals surface area contributed by atoms with Crippen molar-refractivity contribution in [1.29, 1.82) is 0 Å². The van der Waals surface area contributed by atoms with Gasteiger partial charge in [-0.25, -0.2) is 9.97 Å². The number of nitrogens with one attached hydrogen (secondary N) is 1. The lowest BCUT2D eigenvalue weighted by atomic mass is 9.96. The van der Waals surface area contributed by atoms with Gasteiger partial charge in [0.25, 0.3) is 0 Å². The van der Waals surface area contributed by atoms with Gasteiger partial charge in [-0.2, -0.15) is 0 Å². The number of para-hydroxylation sites is 3. The number of aromatic amines is 1. The van der Waals surface area contributed by atoms with Gasteiger partial charge in [-0.1, -0.05) is 54.6 Å². The molecule has 2 aliphatic heterocycles. The second-order valence-corrected chi connectivity index (χ2v) is 10.6. The Bertz CT molecular complexity index is 1790. The third kappa shape index (κ3) is 3.86. The number of nitrogens with zero attached hydrogens (tertiary/aromatic N) is 2. The van der Waals surface area contributed by atoms with E-state index in [9.17, 15) is 0 Å². The first-order valence-electron chi connectivity index (χ1n) is 14.0. The smallest absolute Gasteiger partial charge is 0.158 e. The van der Waals surface area contributed by atoms with E-state index in [4.69, 9.17) is 23.9 Å². The largest absolute Gasteiger partial charge is 0.456 e. The van der Waals surface area contributed by atoms with E-state index < -0.39 is 0 Å². The highest BCUT2D eigenvalue weighted by Gasteiger charge is 2.31. The third-order valence-corrected chi connectivity index (χ3v) is 8.13. The average Bonchev–Trinajstić information content (AvgIpc) is 3.75. The van der Waals surface area contributed by atoms with Crippen LogP contribution in [0.3, 0.4) is 0 Å². The molecule has 194 valence electrons. The normalized spacial score (nSPS) is 19.9. The van der Waals surface area contributed by atoms with Crippen LogP contribution in [0.25, 0.3) is 55.4 Å². The van der Waals surface area contributed by atoms with Gasteiger partial charge < -0.3 is 18.9 Å². The Morgan fingerprint density at radius 2 is 1.56 bits per heavy atom. The third-order valence-electron chi connectivity index (χ3n) is 8.13. The Morgan fingerprint density at radius 1 is 0.744 bits per heavy atom. The van der Waals surface area contributed by atoms with Crippen LogP contribution in [0.1, 0.15) is 55.8 Å². The van der Waals surface area contributed by atoms with Crippen molar-refractivity contribution in [3.8, 4) is 22.6 Å². The van der Waals surface area contributed by atoms with E-state index in [0.29, 0.717) is 0 Å². The highest BCUT2D eigenvalue weighted by atomic mass is 16.5. The molecule has 0 spiro atoms. The lowest BCUT2D eigenvalue weighted by Crippen LogP contribution is -2.17. The molecule has 0 aliphatic carbocycles. The monoisotopic (exact) mass is 515 g/mol. The van der Waals surface area contributed by atoms with Crippen LogP contribution in [0, 0.1) is 0 Å². The quantitative estimate of drug-likeness (QED) is 0.256. The zero-order valence-corrected chi connectivity index (χ0v) is 21.7. The number of hydrogen-bond donors (Lipinski definition) is 1. The minimum Gasteiger partial charge on any atom is -0.456 e. The molecule has 2 unspecified atom stereocenters. The SMILES string of the molecule is c1ccc2oc(-c3c(-c4cccc5c4[nH]c4ccccc45)nc(C4CCCCO4)nc3C3CCCO3)cc2c1. The van der Waals surface area contributed by atoms with Crippen molar-refractivity contribution in [1.82, 2.24) is 15.0 Å². The molecule has 0 amide bonds. The topological polar surface area (TPSA) is 73.2 Å². The van der Waals surface area contributed by atoms with Crippen LogP contribution in [0.4, 0.5) is 0 Å². The molecule has 3 aromatic heterocycles. The molecule has 6 nitrogen and oxygen atoms in total. The summed E-state index contributed by atoms with van der Waals surface area (Å²) in [7, 11) is 0. The van der Waals surface area contributed by atoms with Gasteiger partial charge in [-0.05, 0) is 50.3 Å². The van der Waals surface area contributed by atoms with Crippen LogP contribution >= 0.6 is 0 Å². The number of furan rings is 1. The maximum absolute atomic E-state index is 6.50. The van der Waals surface area contributed by atoms with Crippen LogP contribution < -0.4 is 0 Å². The predicted molar refractivity (Wildman–Crippen MR) is 153 cm³/mol. The van der Waals surface area contributed by atoms with Gasteiger partial charge in [-0.15, -0.1) is 0 Å². The van der Waals surface area contributed by atoms with Crippen molar-refractivity contribution in [3.05, 3.63) is 84.3 Å². The fourth-order valence-electron chi connectivity index (χ4n) is 6.22. The number of benzene rings is 3. The molecule has 2 atom stereocenters. The van der Waals surface area contributed by atoms with Crippen molar-refractivity contribution >= 4 is 32.8 Å². The van der Waals surface area contributed by atoms with E-state index in [-0.39, 0.29) is 12.2 Å². The van der Waals surface area contributed by atoms with Gasteiger partial charge in [-0.3, -0.25) is 0 Å². The minimum atomic E-state index is -0.121. The highest BCUT2D eigenvalue weighted by molar-refractivity contribution is 6.12. The van der Waals surface area contributed by atoms with Gasteiger partial charge in [0, 0.05) is 40.5 Å². The first-order chi connectivity index (χ1) is 19.3.